The molecule has 0 aliphatic heterocycles. The highest BCUT2D eigenvalue weighted by atomic mass is 16.5. The van der Waals surface area contributed by atoms with Crippen molar-refractivity contribution in [3.63, 3.8) is 0 Å². The van der Waals surface area contributed by atoms with Crippen molar-refractivity contribution in [2.24, 2.45) is 0 Å². The van der Waals surface area contributed by atoms with Gasteiger partial charge < -0.3 is 25.0 Å². The maximum absolute atomic E-state index is 10.4. The Morgan fingerprint density at radius 1 is 0.545 bits per heavy atom. The van der Waals surface area contributed by atoms with E-state index in [1.54, 1.807) is 30.3 Å². The zero-order valence-electron chi connectivity index (χ0n) is 19.1. The molecule has 3 N–H and O–H groups in total. The molecule has 0 aliphatic rings. The molecular formula is C28H27NO4. The zero-order chi connectivity index (χ0) is 23.7. The van der Waals surface area contributed by atoms with Crippen LogP contribution in [0.25, 0.3) is 0 Å². The van der Waals surface area contributed by atoms with Gasteiger partial charge in [-0.05, 0) is 81.8 Å². The number of aromatic hydroxyl groups is 3. The molecule has 33 heavy (non-hydrogen) atoms. The Balaban J connectivity index is 1.95. The fourth-order valence-electron chi connectivity index (χ4n) is 3.86. The number of phenols is 3. The van der Waals surface area contributed by atoms with E-state index in [9.17, 15) is 15.3 Å². The van der Waals surface area contributed by atoms with E-state index in [0.29, 0.717) is 28.2 Å². The molecule has 0 spiro atoms. The molecule has 0 aliphatic carbocycles. The number of para-hydroxylation sites is 2. The Kier molecular flexibility index (Phi) is 5.88. The van der Waals surface area contributed by atoms with E-state index in [1.165, 1.54) is 0 Å². The van der Waals surface area contributed by atoms with Gasteiger partial charge in [-0.15, -0.1) is 0 Å². The highest BCUT2D eigenvalue weighted by Gasteiger charge is 2.22. The number of rotatable bonds is 5. The molecule has 168 valence electrons. The summed E-state index contributed by atoms with van der Waals surface area (Å²) in [6.45, 7) is 7.41. The molecule has 0 saturated heterocycles. The van der Waals surface area contributed by atoms with Gasteiger partial charge in [0.15, 0.2) is 5.75 Å². The molecule has 0 amide bonds. The zero-order valence-corrected chi connectivity index (χ0v) is 19.1. The predicted molar refractivity (Wildman–Crippen MR) is 132 cm³/mol. The van der Waals surface area contributed by atoms with Crippen molar-refractivity contribution in [2.75, 3.05) is 4.90 Å². The lowest BCUT2D eigenvalue weighted by molar-refractivity contribution is 0.447. The van der Waals surface area contributed by atoms with Crippen LogP contribution in [0.15, 0.2) is 72.8 Å². The fraction of sp³-hybridized carbons (Fsp3) is 0.143. The number of anilines is 3. The van der Waals surface area contributed by atoms with Crippen LogP contribution in [-0.2, 0) is 0 Å². The number of nitrogens with zero attached hydrogens (tertiary/aromatic N) is 1. The second-order valence-corrected chi connectivity index (χ2v) is 8.15. The predicted octanol–water partition coefficient (Wildman–Crippen LogP) is 7.30. The highest BCUT2D eigenvalue weighted by molar-refractivity contribution is 5.84. The molecule has 0 bridgehead atoms. The van der Waals surface area contributed by atoms with Gasteiger partial charge in [0.2, 0.25) is 0 Å². The lowest BCUT2D eigenvalue weighted by Gasteiger charge is -2.30. The summed E-state index contributed by atoms with van der Waals surface area (Å²) in [4.78, 5) is 1.96. The summed E-state index contributed by atoms with van der Waals surface area (Å²) in [5, 5.41) is 31.1. The Labute approximate surface area is 193 Å². The van der Waals surface area contributed by atoms with Crippen LogP contribution >= 0.6 is 0 Å². The number of hydrogen-bond donors (Lipinski definition) is 3. The Morgan fingerprint density at radius 3 is 1.70 bits per heavy atom. The topological polar surface area (TPSA) is 73.2 Å². The quantitative estimate of drug-likeness (QED) is 0.303. The van der Waals surface area contributed by atoms with Gasteiger partial charge in [-0.1, -0.05) is 24.3 Å². The Bertz CT molecular complexity index is 1280. The van der Waals surface area contributed by atoms with Gasteiger partial charge in [-0.2, -0.15) is 0 Å². The summed E-state index contributed by atoms with van der Waals surface area (Å²) >= 11 is 0. The van der Waals surface area contributed by atoms with Crippen LogP contribution in [0.4, 0.5) is 17.1 Å². The third kappa shape index (κ3) is 4.17. The van der Waals surface area contributed by atoms with Crippen LogP contribution in [0.3, 0.4) is 0 Å². The minimum atomic E-state index is 0.173. The number of ether oxygens (including phenoxy) is 1. The first-order chi connectivity index (χ1) is 15.8. The standard InChI is InChI=1S/C28H27NO4/c1-17-15-26(32)20(4)28(16-17)33-27-14-6-5-9-23(27)29(21-10-7-12-24(30)18(21)2)22-11-8-13-25(31)19(22)3/h5-16,30-32H,1-4H3. The normalized spacial score (nSPS) is 10.8. The SMILES string of the molecule is Cc1cc(O)c(C)c(Oc2ccccc2N(c2cccc(O)c2C)c2cccc(O)c2C)c1. The molecule has 4 aromatic carbocycles. The van der Waals surface area contributed by atoms with Gasteiger partial charge in [0, 0.05) is 16.7 Å². The third-order valence-electron chi connectivity index (χ3n) is 5.84. The number of benzene rings is 4. The van der Waals surface area contributed by atoms with Gasteiger partial charge >= 0.3 is 0 Å². The molecule has 0 heterocycles. The maximum atomic E-state index is 10.4. The summed E-state index contributed by atoms with van der Waals surface area (Å²) < 4.78 is 6.34. The summed E-state index contributed by atoms with van der Waals surface area (Å²) in [6.07, 6.45) is 0. The highest BCUT2D eigenvalue weighted by Crippen LogP contribution is 2.46. The first-order valence-corrected chi connectivity index (χ1v) is 10.7. The second-order valence-electron chi connectivity index (χ2n) is 8.15. The lowest BCUT2D eigenvalue weighted by Crippen LogP contribution is -2.13. The van der Waals surface area contributed by atoms with Crippen LogP contribution < -0.4 is 9.64 Å². The average molecular weight is 442 g/mol. The molecule has 5 heteroatoms. The van der Waals surface area contributed by atoms with E-state index < -0.39 is 0 Å². The summed E-state index contributed by atoms with van der Waals surface area (Å²) in [5.41, 5.74) is 5.14. The summed E-state index contributed by atoms with van der Waals surface area (Å²) in [7, 11) is 0. The molecule has 4 aromatic rings. The van der Waals surface area contributed by atoms with Crippen LogP contribution in [0.2, 0.25) is 0 Å². The van der Waals surface area contributed by atoms with Crippen molar-refractivity contribution in [1.82, 2.24) is 0 Å². The van der Waals surface area contributed by atoms with Gasteiger partial charge in [0.1, 0.15) is 23.0 Å². The average Bonchev–Trinajstić information content (AvgIpc) is 2.78. The summed E-state index contributed by atoms with van der Waals surface area (Å²) in [5.74, 6) is 1.64. The molecule has 4 rings (SSSR count). The first kappa shape index (κ1) is 22.1. The molecule has 0 fully saturated rings. The van der Waals surface area contributed by atoms with E-state index in [0.717, 1.165) is 22.6 Å². The van der Waals surface area contributed by atoms with Crippen molar-refractivity contribution in [2.45, 2.75) is 27.7 Å². The van der Waals surface area contributed by atoms with Gasteiger partial charge in [-0.25, -0.2) is 0 Å². The third-order valence-corrected chi connectivity index (χ3v) is 5.84. The Hall–Kier alpha value is -4.12. The van der Waals surface area contributed by atoms with Crippen molar-refractivity contribution in [3.8, 4) is 28.7 Å². The molecular weight excluding hydrogens is 414 g/mol. The smallest absolute Gasteiger partial charge is 0.151 e. The van der Waals surface area contributed by atoms with Crippen molar-refractivity contribution < 1.29 is 20.1 Å². The van der Waals surface area contributed by atoms with Crippen LogP contribution in [0.1, 0.15) is 22.3 Å². The molecule has 5 nitrogen and oxygen atoms in total. The fourth-order valence-corrected chi connectivity index (χ4v) is 3.86. The van der Waals surface area contributed by atoms with Crippen molar-refractivity contribution >= 4 is 17.1 Å². The summed E-state index contributed by atoms with van der Waals surface area (Å²) in [6, 6.07) is 21.9. The van der Waals surface area contributed by atoms with E-state index in [1.807, 2.05) is 75.1 Å². The molecule has 0 unspecified atom stereocenters. The number of phenolic OH excluding ortho intramolecular Hbond substituents is 3. The van der Waals surface area contributed by atoms with Gasteiger partial charge in [0.25, 0.3) is 0 Å². The van der Waals surface area contributed by atoms with Crippen molar-refractivity contribution in [1.29, 1.82) is 0 Å². The van der Waals surface area contributed by atoms with Crippen LogP contribution in [0.5, 0.6) is 28.7 Å². The minimum Gasteiger partial charge on any atom is -0.508 e. The minimum absolute atomic E-state index is 0.173. The molecule has 0 radical (unpaired) electrons. The number of aryl methyl sites for hydroxylation is 1. The molecule has 0 atom stereocenters. The largest absolute Gasteiger partial charge is 0.508 e. The van der Waals surface area contributed by atoms with E-state index in [2.05, 4.69) is 0 Å². The lowest BCUT2D eigenvalue weighted by atomic mass is 10.1. The van der Waals surface area contributed by atoms with E-state index >= 15 is 0 Å². The first-order valence-electron chi connectivity index (χ1n) is 10.7. The maximum Gasteiger partial charge on any atom is 0.151 e. The van der Waals surface area contributed by atoms with Crippen molar-refractivity contribution in [3.05, 3.63) is 95.1 Å². The van der Waals surface area contributed by atoms with E-state index in [4.69, 9.17) is 4.74 Å². The molecule has 0 aromatic heterocycles. The van der Waals surface area contributed by atoms with Crippen LogP contribution in [-0.4, -0.2) is 15.3 Å². The molecule has 0 saturated carbocycles. The second kappa shape index (κ2) is 8.79. The Morgan fingerprint density at radius 2 is 1.09 bits per heavy atom. The van der Waals surface area contributed by atoms with E-state index in [-0.39, 0.29) is 17.2 Å². The van der Waals surface area contributed by atoms with Gasteiger partial charge in [0.05, 0.1) is 17.1 Å². The monoisotopic (exact) mass is 441 g/mol. The van der Waals surface area contributed by atoms with Gasteiger partial charge in [-0.3, -0.25) is 0 Å². The van der Waals surface area contributed by atoms with Crippen LogP contribution in [0, 0.1) is 27.7 Å². The number of hydrogen-bond acceptors (Lipinski definition) is 5.